The summed E-state index contributed by atoms with van der Waals surface area (Å²) in [6.07, 6.45) is 0. The second kappa shape index (κ2) is 8.38. The van der Waals surface area contributed by atoms with Gasteiger partial charge in [0.15, 0.2) is 5.58 Å². The van der Waals surface area contributed by atoms with Gasteiger partial charge in [0.05, 0.1) is 6.61 Å². The van der Waals surface area contributed by atoms with Crippen LogP contribution in [0.5, 0.6) is 5.75 Å². The van der Waals surface area contributed by atoms with Gasteiger partial charge in [0.2, 0.25) is 5.65 Å². The van der Waals surface area contributed by atoms with Crippen LogP contribution in [-0.2, 0) is 0 Å². The van der Waals surface area contributed by atoms with E-state index >= 15 is 0 Å². The Morgan fingerprint density at radius 3 is 2.55 bits per heavy atom. The Morgan fingerprint density at radius 2 is 1.87 bits per heavy atom. The largest absolute Gasteiger partial charge is 0.493 e. The Morgan fingerprint density at radius 1 is 1.13 bits per heavy atom. The van der Waals surface area contributed by atoms with E-state index in [-0.39, 0.29) is 11.3 Å². The first-order chi connectivity index (χ1) is 14.7. The van der Waals surface area contributed by atoms with Crippen molar-refractivity contribution in [3.8, 4) is 5.75 Å². The Hall–Kier alpha value is -2.80. The number of anilines is 1. The number of halogens is 1. The van der Waals surface area contributed by atoms with E-state index in [0.29, 0.717) is 60.7 Å². The predicted octanol–water partition coefficient (Wildman–Crippen LogP) is 4.57. The van der Waals surface area contributed by atoms with E-state index in [1.165, 1.54) is 0 Å². The number of benzene rings is 1. The molecule has 164 valence electrons. The first-order valence-electron chi connectivity index (χ1n) is 10.4. The molecule has 0 radical (unpaired) electrons. The Labute approximate surface area is 187 Å². The number of pyridine rings is 1. The van der Waals surface area contributed by atoms with Gasteiger partial charge in [0.25, 0.3) is 11.9 Å². The molecular weight excluding hydrogens is 416 g/mol. The van der Waals surface area contributed by atoms with E-state index in [2.05, 4.69) is 30.7 Å². The van der Waals surface area contributed by atoms with Crippen LogP contribution in [0.4, 0.5) is 6.01 Å². The Balaban J connectivity index is 1.39. The standard InChI is InChI=1S/C23H27ClN4O3/c1-15-13-16(5-6-17(15)30-14-23(2,3)4)21(29)27-9-11-28(12-10-27)22-26-20-18(31-22)7-8-19(24)25-20/h5-8,13H,9-12,14H2,1-4H3. The highest BCUT2D eigenvalue weighted by Crippen LogP contribution is 2.25. The predicted molar refractivity (Wildman–Crippen MR) is 121 cm³/mol. The van der Waals surface area contributed by atoms with Crippen LogP contribution in [0.15, 0.2) is 34.7 Å². The summed E-state index contributed by atoms with van der Waals surface area (Å²) in [5, 5.41) is 0.382. The lowest BCUT2D eigenvalue weighted by molar-refractivity contribution is 0.0745. The molecule has 0 atom stereocenters. The van der Waals surface area contributed by atoms with Crippen LogP contribution in [0.25, 0.3) is 11.2 Å². The highest BCUT2D eigenvalue weighted by Gasteiger charge is 2.25. The third-order valence-electron chi connectivity index (χ3n) is 5.13. The molecule has 0 bridgehead atoms. The maximum atomic E-state index is 13.0. The first-order valence-corrected chi connectivity index (χ1v) is 10.8. The van der Waals surface area contributed by atoms with Crippen molar-refractivity contribution in [1.29, 1.82) is 0 Å². The number of ether oxygens (including phenoxy) is 1. The maximum Gasteiger partial charge on any atom is 0.300 e. The molecule has 1 amide bonds. The lowest BCUT2D eigenvalue weighted by Crippen LogP contribution is -2.48. The summed E-state index contributed by atoms with van der Waals surface area (Å²) >= 11 is 5.93. The van der Waals surface area contributed by atoms with Crippen molar-refractivity contribution in [2.75, 3.05) is 37.7 Å². The van der Waals surface area contributed by atoms with Crippen LogP contribution in [0.1, 0.15) is 36.7 Å². The number of aromatic nitrogens is 2. The summed E-state index contributed by atoms with van der Waals surface area (Å²) in [7, 11) is 0. The van der Waals surface area contributed by atoms with Gasteiger partial charge in [-0.25, -0.2) is 4.98 Å². The molecule has 3 heterocycles. The topological polar surface area (TPSA) is 71.7 Å². The number of aryl methyl sites for hydroxylation is 1. The second-order valence-corrected chi connectivity index (χ2v) is 9.45. The number of carbonyl (C=O) groups excluding carboxylic acids is 1. The molecule has 8 heteroatoms. The average Bonchev–Trinajstić information content (AvgIpc) is 3.15. The molecule has 2 aromatic heterocycles. The fraction of sp³-hybridized carbons (Fsp3) is 0.435. The number of piperazine rings is 1. The van der Waals surface area contributed by atoms with Gasteiger partial charge in [-0.3, -0.25) is 4.79 Å². The summed E-state index contributed by atoms with van der Waals surface area (Å²) in [4.78, 5) is 25.5. The molecule has 1 aliphatic heterocycles. The third-order valence-corrected chi connectivity index (χ3v) is 5.34. The molecule has 0 spiro atoms. The van der Waals surface area contributed by atoms with Gasteiger partial charge in [0, 0.05) is 31.7 Å². The number of rotatable bonds is 4. The Bertz CT molecular complexity index is 1100. The quantitative estimate of drug-likeness (QED) is 0.551. The fourth-order valence-corrected chi connectivity index (χ4v) is 3.58. The van der Waals surface area contributed by atoms with E-state index in [4.69, 9.17) is 20.8 Å². The summed E-state index contributed by atoms with van der Waals surface area (Å²) in [5.74, 6) is 0.845. The molecule has 0 aliphatic carbocycles. The molecule has 1 fully saturated rings. The summed E-state index contributed by atoms with van der Waals surface area (Å²) in [6.45, 7) is 11.4. The third kappa shape index (κ3) is 4.93. The molecule has 1 aliphatic rings. The molecule has 31 heavy (non-hydrogen) atoms. The minimum Gasteiger partial charge on any atom is -0.493 e. The van der Waals surface area contributed by atoms with Crippen molar-refractivity contribution in [3.63, 3.8) is 0 Å². The van der Waals surface area contributed by atoms with E-state index in [1.807, 2.05) is 34.9 Å². The monoisotopic (exact) mass is 442 g/mol. The van der Waals surface area contributed by atoms with Gasteiger partial charge in [-0.05, 0) is 48.2 Å². The van der Waals surface area contributed by atoms with Gasteiger partial charge in [0.1, 0.15) is 10.9 Å². The highest BCUT2D eigenvalue weighted by atomic mass is 35.5. The summed E-state index contributed by atoms with van der Waals surface area (Å²) in [6, 6.07) is 9.59. The van der Waals surface area contributed by atoms with Gasteiger partial charge in [-0.1, -0.05) is 32.4 Å². The van der Waals surface area contributed by atoms with Crippen LogP contribution in [-0.4, -0.2) is 53.6 Å². The molecule has 3 aromatic rings. The zero-order valence-corrected chi connectivity index (χ0v) is 19.1. The molecule has 0 N–H and O–H groups in total. The molecule has 1 saturated heterocycles. The zero-order valence-electron chi connectivity index (χ0n) is 18.3. The number of nitrogens with zero attached hydrogens (tertiary/aromatic N) is 4. The lowest BCUT2D eigenvalue weighted by atomic mass is 9.98. The van der Waals surface area contributed by atoms with Gasteiger partial charge in [-0.2, -0.15) is 4.98 Å². The molecule has 1 aromatic carbocycles. The number of hydrogen-bond donors (Lipinski definition) is 0. The highest BCUT2D eigenvalue weighted by molar-refractivity contribution is 6.29. The minimum atomic E-state index is 0.0242. The molecule has 4 rings (SSSR count). The van der Waals surface area contributed by atoms with Crippen LogP contribution < -0.4 is 9.64 Å². The van der Waals surface area contributed by atoms with Gasteiger partial charge >= 0.3 is 0 Å². The van der Waals surface area contributed by atoms with Crippen molar-refractivity contribution in [3.05, 3.63) is 46.6 Å². The normalized spacial score (nSPS) is 14.9. The lowest BCUT2D eigenvalue weighted by Gasteiger charge is -2.34. The van der Waals surface area contributed by atoms with Crippen molar-refractivity contribution in [1.82, 2.24) is 14.9 Å². The van der Waals surface area contributed by atoms with E-state index in [0.717, 1.165) is 11.3 Å². The maximum absolute atomic E-state index is 13.0. The summed E-state index contributed by atoms with van der Waals surface area (Å²) in [5.41, 5.74) is 2.81. The van der Waals surface area contributed by atoms with E-state index in [1.54, 1.807) is 12.1 Å². The van der Waals surface area contributed by atoms with Crippen LogP contribution in [0, 0.1) is 12.3 Å². The summed E-state index contributed by atoms with van der Waals surface area (Å²) < 4.78 is 11.7. The van der Waals surface area contributed by atoms with Crippen LogP contribution >= 0.6 is 11.6 Å². The molecule has 0 saturated carbocycles. The minimum absolute atomic E-state index is 0.0242. The van der Waals surface area contributed by atoms with Gasteiger partial charge in [-0.15, -0.1) is 0 Å². The number of fused-ring (bicyclic) bond motifs is 1. The SMILES string of the molecule is Cc1cc(C(=O)N2CCN(c3nc4nc(Cl)ccc4o3)CC2)ccc1OCC(C)(C)C. The Kier molecular flexibility index (Phi) is 5.79. The first kappa shape index (κ1) is 21.4. The van der Waals surface area contributed by atoms with Crippen LogP contribution in [0.2, 0.25) is 5.15 Å². The average molecular weight is 443 g/mol. The van der Waals surface area contributed by atoms with Crippen LogP contribution in [0.3, 0.4) is 0 Å². The molecule has 0 unspecified atom stereocenters. The number of amides is 1. The van der Waals surface area contributed by atoms with Gasteiger partial charge < -0.3 is 19.0 Å². The van der Waals surface area contributed by atoms with Crippen molar-refractivity contribution in [2.24, 2.45) is 5.41 Å². The van der Waals surface area contributed by atoms with E-state index in [9.17, 15) is 4.79 Å². The number of carbonyl (C=O) groups is 1. The van der Waals surface area contributed by atoms with Crippen molar-refractivity contribution < 1.29 is 13.9 Å². The second-order valence-electron chi connectivity index (χ2n) is 9.06. The zero-order chi connectivity index (χ0) is 22.2. The van der Waals surface area contributed by atoms with Crippen molar-refractivity contribution in [2.45, 2.75) is 27.7 Å². The number of hydrogen-bond acceptors (Lipinski definition) is 6. The number of oxazole rings is 1. The smallest absolute Gasteiger partial charge is 0.300 e. The molecule has 7 nitrogen and oxygen atoms in total. The molecular formula is C23H27ClN4O3. The fourth-order valence-electron chi connectivity index (χ4n) is 3.44. The van der Waals surface area contributed by atoms with E-state index < -0.39 is 0 Å². The van der Waals surface area contributed by atoms with Crippen molar-refractivity contribution >= 4 is 34.8 Å².